The van der Waals surface area contributed by atoms with Crippen molar-refractivity contribution < 1.29 is 23.8 Å². The van der Waals surface area contributed by atoms with Crippen molar-refractivity contribution in [3.63, 3.8) is 0 Å². The Labute approximate surface area is 81.0 Å². The molecule has 0 aromatic carbocycles. The van der Waals surface area contributed by atoms with Crippen molar-refractivity contribution in [3.8, 4) is 0 Å². The first-order chi connectivity index (χ1) is 6.56. The molecule has 14 heavy (non-hydrogen) atoms. The van der Waals surface area contributed by atoms with Gasteiger partial charge in [0.15, 0.2) is 0 Å². The van der Waals surface area contributed by atoms with E-state index >= 15 is 0 Å². The van der Waals surface area contributed by atoms with Gasteiger partial charge in [0, 0.05) is 0 Å². The molecular weight excluding hydrogens is 191 g/mol. The van der Waals surface area contributed by atoms with Crippen LogP contribution in [0.25, 0.3) is 0 Å². The minimum Gasteiger partial charge on any atom is -0.481 e. The maximum Gasteiger partial charge on any atom is 0.309 e. The van der Waals surface area contributed by atoms with Crippen molar-refractivity contribution in [2.75, 3.05) is 7.11 Å². The zero-order valence-corrected chi connectivity index (χ0v) is 7.90. The van der Waals surface area contributed by atoms with Crippen LogP contribution in [0.1, 0.15) is 19.3 Å². The normalized spacial score (nSPS) is 32.3. The van der Waals surface area contributed by atoms with E-state index in [1.54, 1.807) is 0 Å². The first kappa shape index (κ1) is 10.9. The van der Waals surface area contributed by atoms with E-state index in [4.69, 9.17) is 5.11 Å². The van der Waals surface area contributed by atoms with E-state index < -0.39 is 29.9 Å². The first-order valence-corrected chi connectivity index (χ1v) is 4.51. The van der Waals surface area contributed by atoms with Gasteiger partial charge in [0.1, 0.15) is 6.17 Å². The molecule has 0 spiro atoms. The highest BCUT2D eigenvalue weighted by atomic mass is 19.1. The summed E-state index contributed by atoms with van der Waals surface area (Å²) in [7, 11) is 1.18. The van der Waals surface area contributed by atoms with Gasteiger partial charge in [0.25, 0.3) is 0 Å². The Bertz CT molecular complexity index is 241. The Hall–Kier alpha value is -1.13. The summed E-state index contributed by atoms with van der Waals surface area (Å²) in [6.45, 7) is 0. The minimum absolute atomic E-state index is 0.0381. The summed E-state index contributed by atoms with van der Waals surface area (Å²) < 4.78 is 17.4. The van der Waals surface area contributed by atoms with Crippen LogP contribution in [0.15, 0.2) is 0 Å². The quantitative estimate of drug-likeness (QED) is 0.681. The highest BCUT2D eigenvalue weighted by Gasteiger charge is 2.40. The summed E-state index contributed by atoms with van der Waals surface area (Å²) in [5.74, 6) is -3.30. The molecular formula is C9H13FO4. The van der Waals surface area contributed by atoms with Crippen molar-refractivity contribution in [1.29, 1.82) is 0 Å². The number of aliphatic carboxylic acids is 1. The van der Waals surface area contributed by atoms with Crippen LogP contribution >= 0.6 is 0 Å². The minimum atomic E-state index is -1.09. The lowest BCUT2D eigenvalue weighted by molar-refractivity contribution is -0.158. The molecule has 0 aliphatic heterocycles. The molecule has 1 N–H and O–H groups in total. The van der Waals surface area contributed by atoms with Crippen molar-refractivity contribution in [1.82, 2.24) is 0 Å². The molecule has 5 heteroatoms. The number of carbonyl (C=O) groups excluding carboxylic acids is 1. The zero-order chi connectivity index (χ0) is 10.7. The second kappa shape index (κ2) is 4.39. The topological polar surface area (TPSA) is 63.6 Å². The van der Waals surface area contributed by atoms with Gasteiger partial charge < -0.3 is 9.84 Å². The predicted molar refractivity (Wildman–Crippen MR) is 45.4 cm³/mol. The number of alkyl halides is 1. The van der Waals surface area contributed by atoms with Crippen LogP contribution in [0.2, 0.25) is 0 Å². The van der Waals surface area contributed by atoms with E-state index in [0.29, 0.717) is 0 Å². The average molecular weight is 204 g/mol. The third-order valence-electron chi connectivity index (χ3n) is 2.61. The number of methoxy groups -OCH3 is 1. The number of esters is 1. The van der Waals surface area contributed by atoms with E-state index in [1.165, 1.54) is 7.11 Å². The molecule has 1 fully saturated rings. The predicted octanol–water partition coefficient (Wildman–Crippen LogP) is 0.998. The van der Waals surface area contributed by atoms with Crippen LogP contribution in [0, 0.1) is 11.8 Å². The largest absolute Gasteiger partial charge is 0.481 e. The Morgan fingerprint density at radius 2 is 2.00 bits per heavy atom. The molecule has 4 nitrogen and oxygen atoms in total. The number of halogens is 1. The second-order valence-corrected chi connectivity index (χ2v) is 3.48. The lowest BCUT2D eigenvalue weighted by atomic mass is 9.78. The number of ether oxygens (including phenoxy) is 1. The zero-order valence-electron chi connectivity index (χ0n) is 7.90. The van der Waals surface area contributed by atoms with Crippen LogP contribution < -0.4 is 0 Å². The van der Waals surface area contributed by atoms with Gasteiger partial charge in [-0.15, -0.1) is 0 Å². The molecule has 1 aliphatic rings. The van der Waals surface area contributed by atoms with Crippen molar-refractivity contribution in [2.45, 2.75) is 25.4 Å². The highest BCUT2D eigenvalue weighted by molar-refractivity contribution is 5.81. The molecule has 0 heterocycles. The van der Waals surface area contributed by atoms with Gasteiger partial charge in [-0.25, -0.2) is 4.39 Å². The van der Waals surface area contributed by atoms with Crippen LogP contribution in [0.5, 0.6) is 0 Å². The van der Waals surface area contributed by atoms with Gasteiger partial charge in [-0.3, -0.25) is 9.59 Å². The Kier molecular flexibility index (Phi) is 3.43. The molecule has 0 saturated heterocycles. The Balaban J connectivity index is 2.73. The van der Waals surface area contributed by atoms with Crippen LogP contribution in [-0.2, 0) is 14.3 Å². The van der Waals surface area contributed by atoms with Gasteiger partial charge in [0.2, 0.25) is 0 Å². The molecule has 1 rings (SSSR count). The Morgan fingerprint density at radius 1 is 1.36 bits per heavy atom. The SMILES string of the molecule is COC(=O)C1CC(F)CCC1C(=O)O. The third-order valence-corrected chi connectivity index (χ3v) is 2.61. The number of carboxylic acid groups (broad SMARTS) is 1. The van der Waals surface area contributed by atoms with E-state index in [2.05, 4.69) is 4.74 Å². The number of carboxylic acids is 1. The Morgan fingerprint density at radius 3 is 2.50 bits per heavy atom. The molecule has 0 amide bonds. The van der Waals surface area contributed by atoms with Crippen molar-refractivity contribution in [3.05, 3.63) is 0 Å². The van der Waals surface area contributed by atoms with Gasteiger partial charge in [-0.1, -0.05) is 0 Å². The molecule has 80 valence electrons. The van der Waals surface area contributed by atoms with Crippen LogP contribution in [0.4, 0.5) is 4.39 Å². The van der Waals surface area contributed by atoms with Crippen LogP contribution in [0.3, 0.4) is 0 Å². The summed E-state index contributed by atoms with van der Waals surface area (Å²) in [5.41, 5.74) is 0. The number of hydrogen-bond acceptors (Lipinski definition) is 3. The highest BCUT2D eigenvalue weighted by Crippen LogP contribution is 2.32. The molecule has 1 saturated carbocycles. The standard InChI is InChI=1S/C9H13FO4/c1-14-9(13)7-4-5(10)2-3-6(7)8(11)12/h5-7H,2-4H2,1H3,(H,11,12). The summed E-state index contributed by atoms with van der Waals surface area (Å²) >= 11 is 0. The monoisotopic (exact) mass is 204 g/mol. The molecule has 1 aliphatic carbocycles. The molecule has 3 atom stereocenters. The lowest BCUT2D eigenvalue weighted by Gasteiger charge is -2.28. The first-order valence-electron chi connectivity index (χ1n) is 4.51. The van der Waals surface area contributed by atoms with Crippen LogP contribution in [-0.4, -0.2) is 30.3 Å². The molecule has 0 radical (unpaired) electrons. The summed E-state index contributed by atoms with van der Waals surface area (Å²) in [5, 5.41) is 8.81. The van der Waals surface area contributed by atoms with Crippen molar-refractivity contribution >= 4 is 11.9 Å². The lowest BCUT2D eigenvalue weighted by Crippen LogP contribution is -2.36. The molecule has 0 bridgehead atoms. The second-order valence-electron chi connectivity index (χ2n) is 3.48. The number of rotatable bonds is 2. The van der Waals surface area contributed by atoms with Gasteiger partial charge >= 0.3 is 11.9 Å². The summed E-state index contributed by atoms with van der Waals surface area (Å²) in [6, 6.07) is 0. The van der Waals surface area contributed by atoms with E-state index in [-0.39, 0.29) is 19.3 Å². The molecule has 0 aromatic rings. The molecule has 3 unspecified atom stereocenters. The fourth-order valence-electron chi connectivity index (χ4n) is 1.83. The van der Waals surface area contributed by atoms with E-state index in [9.17, 15) is 14.0 Å². The van der Waals surface area contributed by atoms with Gasteiger partial charge in [0.05, 0.1) is 18.9 Å². The maximum atomic E-state index is 13.0. The summed E-state index contributed by atoms with van der Waals surface area (Å²) in [4.78, 5) is 21.9. The van der Waals surface area contributed by atoms with Gasteiger partial charge in [-0.2, -0.15) is 0 Å². The third kappa shape index (κ3) is 2.21. The fourth-order valence-corrected chi connectivity index (χ4v) is 1.83. The van der Waals surface area contributed by atoms with Crippen molar-refractivity contribution in [2.24, 2.45) is 11.8 Å². The molecule has 0 aromatic heterocycles. The van der Waals surface area contributed by atoms with E-state index in [1.807, 2.05) is 0 Å². The number of hydrogen-bond donors (Lipinski definition) is 1. The smallest absolute Gasteiger partial charge is 0.309 e. The van der Waals surface area contributed by atoms with Gasteiger partial charge in [-0.05, 0) is 19.3 Å². The number of carbonyl (C=O) groups is 2. The fraction of sp³-hybridized carbons (Fsp3) is 0.778. The maximum absolute atomic E-state index is 13.0. The summed E-state index contributed by atoms with van der Waals surface area (Å²) in [6.07, 6.45) is -0.709. The average Bonchev–Trinajstić information content (AvgIpc) is 2.16. The van der Waals surface area contributed by atoms with E-state index in [0.717, 1.165) is 0 Å².